The minimum absolute atomic E-state index is 0. The maximum atomic E-state index is 8.33. The zero-order valence-electron chi connectivity index (χ0n) is 3.89. The first-order valence-electron chi connectivity index (χ1n) is 1.15. The van der Waals surface area contributed by atoms with Crippen LogP contribution in [0.4, 0.5) is 4.79 Å². The summed E-state index contributed by atoms with van der Waals surface area (Å²) in [7, 11) is 9.97. The van der Waals surface area contributed by atoms with Crippen molar-refractivity contribution in [1.82, 2.24) is 0 Å². The molecule has 0 atom stereocenters. The zero-order valence-corrected chi connectivity index (χ0v) is 14.9. The summed E-state index contributed by atoms with van der Waals surface area (Å²) in [5.41, 5.74) is 0. The SMILES string of the molecule is O=C([O-])[O-].[Cd+2].[Cl][Hg][Cl]. The molecule has 0 N–H and O–H groups in total. The Morgan fingerprint density at radius 2 is 1.38 bits per heavy atom. The molecule has 0 fully saturated rings. The van der Waals surface area contributed by atoms with E-state index in [0.717, 1.165) is 0 Å². The fraction of sp³-hybridized carbons (Fsp3) is 0. The van der Waals surface area contributed by atoms with Crippen LogP contribution in [0.3, 0.4) is 0 Å². The number of halogens is 2. The summed E-state index contributed by atoms with van der Waals surface area (Å²) >= 11 is -1.14. The molecule has 3 nitrogen and oxygen atoms in total. The van der Waals surface area contributed by atoms with Crippen molar-refractivity contribution in [3.8, 4) is 0 Å². The topological polar surface area (TPSA) is 63.2 Å². The summed E-state index contributed by atoms with van der Waals surface area (Å²) in [4.78, 5) is 8.33. The van der Waals surface area contributed by atoms with Gasteiger partial charge in [0.15, 0.2) is 0 Å². The molecule has 0 aromatic heterocycles. The van der Waals surface area contributed by atoms with Crippen molar-refractivity contribution in [3.63, 3.8) is 0 Å². The first-order chi connectivity index (χ1) is 3.15. The molecule has 0 heterocycles. The van der Waals surface area contributed by atoms with Gasteiger partial charge in [0.25, 0.3) is 0 Å². The van der Waals surface area contributed by atoms with Crippen LogP contribution in [0.25, 0.3) is 0 Å². The van der Waals surface area contributed by atoms with Gasteiger partial charge in [-0.25, -0.2) is 0 Å². The molecule has 0 unspecified atom stereocenters. The summed E-state index contributed by atoms with van der Waals surface area (Å²) in [5, 5.41) is 16.7. The van der Waals surface area contributed by atoms with Crippen LogP contribution >= 0.6 is 16.5 Å². The Morgan fingerprint density at radius 1 is 1.38 bits per heavy atom. The molecule has 0 aromatic rings. The van der Waals surface area contributed by atoms with Crippen molar-refractivity contribution >= 4 is 22.7 Å². The second kappa shape index (κ2) is 15.9. The van der Waals surface area contributed by atoms with E-state index in [1.807, 2.05) is 0 Å². The van der Waals surface area contributed by atoms with Gasteiger partial charge in [0.05, 0.1) is 0 Å². The molecule has 8 heavy (non-hydrogen) atoms. The van der Waals surface area contributed by atoms with E-state index in [4.69, 9.17) is 31.5 Å². The van der Waals surface area contributed by atoms with E-state index in [-0.39, 0.29) is 27.3 Å². The van der Waals surface area contributed by atoms with Gasteiger partial charge in [-0.3, -0.25) is 0 Å². The Labute approximate surface area is 85.8 Å². The van der Waals surface area contributed by atoms with E-state index in [0.29, 0.717) is 0 Å². The van der Waals surface area contributed by atoms with Gasteiger partial charge in [0.2, 0.25) is 0 Å². The zero-order chi connectivity index (χ0) is 6.28. The van der Waals surface area contributed by atoms with Crippen LogP contribution in [0.2, 0.25) is 0 Å². The second-order valence-corrected chi connectivity index (χ2v) is 8.23. The van der Waals surface area contributed by atoms with Crippen LogP contribution in [-0.4, -0.2) is 6.16 Å². The number of hydrogen-bond acceptors (Lipinski definition) is 3. The summed E-state index contributed by atoms with van der Waals surface area (Å²) < 4.78 is 0. The third kappa shape index (κ3) is 119. The average molecular weight is 444 g/mol. The van der Waals surface area contributed by atoms with E-state index in [1.54, 1.807) is 0 Å². The number of rotatable bonds is 0. The maximum absolute atomic E-state index is 8.33. The molecule has 0 rings (SSSR count). The van der Waals surface area contributed by atoms with Crippen molar-refractivity contribution in [2.75, 3.05) is 0 Å². The Bertz CT molecular complexity index is 48.5. The molecule has 0 saturated carbocycles. The summed E-state index contributed by atoms with van der Waals surface area (Å²) in [5.74, 6) is 0. The number of carboxylic acid groups (broad SMARTS) is 2. The molecule has 0 bridgehead atoms. The van der Waals surface area contributed by atoms with Crippen LogP contribution < -0.4 is 10.2 Å². The minimum atomic E-state index is -2.33. The normalized spacial score (nSPS) is 4.25. The quantitative estimate of drug-likeness (QED) is 0.448. The average Bonchev–Trinajstić information content (AvgIpc) is 1.33. The Kier molecular flexibility index (Phi) is 32.5. The first-order valence-corrected chi connectivity index (χ1v) is 14.7. The van der Waals surface area contributed by atoms with Crippen molar-refractivity contribution < 1.29 is 64.4 Å². The predicted octanol–water partition coefficient (Wildman–Crippen LogP) is -1.07. The van der Waals surface area contributed by atoms with E-state index in [1.165, 1.54) is 0 Å². The van der Waals surface area contributed by atoms with Crippen molar-refractivity contribution in [2.24, 2.45) is 0 Å². The van der Waals surface area contributed by atoms with Crippen molar-refractivity contribution in [2.45, 2.75) is 0 Å². The predicted molar refractivity (Wildman–Crippen MR) is 17.1 cm³/mol. The molecule has 0 aliphatic carbocycles. The molecule has 0 aliphatic rings. The molecule has 0 aliphatic heterocycles. The van der Waals surface area contributed by atoms with E-state index in [2.05, 4.69) is 0 Å². The number of carbonyl (C=O) groups excluding carboxylic acids is 1. The Hall–Kier alpha value is 1.71. The Balaban J connectivity index is -0.0000000575. The van der Waals surface area contributed by atoms with Gasteiger partial charge in [-0.2, -0.15) is 0 Å². The molecule has 0 amide bonds. The second-order valence-electron chi connectivity index (χ2n) is 0.351. The van der Waals surface area contributed by atoms with Crippen LogP contribution in [-0.2, 0) is 49.4 Å². The fourth-order valence-electron chi connectivity index (χ4n) is 0. The van der Waals surface area contributed by atoms with Crippen LogP contribution in [0.5, 0.6) is 0 Å². The number of carbonyl (C=O) groups is 1. The van der Waals surface area contributed by atoms with Crippen LogP contribution in [0.15, 0.2) is 0 Å². The summed E-state index contributed by atoms with van der Waals surface area (Å²) in [6.07, 6.45) is -2.33. The van der Waals surface area contributed by atoms with Crippen molar-refractivity contribution in [3.05, 3.63) is 0 Å². The molecule has 0 saturated heterocycles. The molecule has 40 valence electrons. The monoisotopic (exact) mass is 446 g/mol. The van der Waals surface area contributed by atoms with Crippen LogP contribution in [0, 0.1) is 0 Å². The summed E-state index contributed by atoms with van der Waals surface area (Å²) in [6, 6.07) is 0. The number of hydrogen-bond donors (Lipinski definition) is 0. The van der Waals surface area contributed by atoms with E-state index >= 15 is 0 Å². The first kappa shape index (κ1) is 16.4. The van der Waals surface area contributed by atoms with Crippen LogP contribution in [0.1, 0.15) is 0 Å². The third-order valence-corrected chi connectivity index (χ3v) is 0. The van der Waals surface area contributed by atoms with Gasteiger partial charge in [-0.1, -0.05) is 0 Å². The third-order valence-electron chi connectivity index (χ3n) is 0. The van der Waals surface area contributed by atoms with E-state index in [9.17, 15) is 0 Å². The van der Waals surface area contributed by atoms with Gasteiger partial charge in [0, 0.05) is 0 Å². The molecule has 7 heteroatoms. The standard InChI is InChI=1S/CH2O3.Cd.2ClH.Hg/c2-1(3)4;;;;/h(H2,2,3,4);;2*1H;/q;+2;;;+2/p-4. The van der Waals surface area contributed by atoms with Gasteiger partial charge in [-0.15, -0.1) is 0 Å². The Morgan fingerprint density at radius 3 is 1.38 bits per heavy atom. The van der Waals surface area contributed by atoms with Gasteiger partial charge in [-0.05, 0) is 6.16 Å². The molecule has 0 spiro atoms. The van der Waals surface area contributed by atoms with E-state index < -0.39 is 28.3 Å². The van der Waals surface area contributed by atoms with Gasteiger partial charge >= 0.3 is 65.9 Å². The van der Waals surface area contributed by atoms with Gasteiger partial charge in [0.1, 0.15) is 0 Å². The fourth-order valence-corrected chi connectivity index (χ4v) is 0. The molecule has 0 aromatic carbocycles. The van der Waals surface area contributed by atoms with Gasteiger partial charge < -0.3 is 15.0 Å². The summed E-state index contributed by atoms with van der Waals surface area (Å²) in [6.45, 7) is 0. The molecular formula is CCdCl2HgO3. The molecule has 0 radical (unpaired) electrons. The van der Waals surface area contributed by atoms with Crippen molar-refractivity contribution in [1.29, 1.82) is 0 Å². The molecular weight excluding hydrogens is 444 g/mol.